The highest BCUT2D eigenvalue weighted by atomic mass is 14.3. The minimum Gasteiger partial charge on any atom is -0.261 e. The standard InChI is InChI=1S/C99H54/c1-7-31-73-67(25-1)58-68-26-2-8-32-74(68)94(73)61-97-85-43-19-13-37-79(85)91(80-38-14-20-44-86(80)97)52-49-64-55-65(50-53-92-81-39-15-21-45-87(81)98(88-46-22-16-40-82(88)92)62-95-75-33-9-3-27-69(75)59-70-28-4-10-34-76(70)95)57-66(56-64)51-54-93-83-41-17-23-47-89(83)99(90-48-24-18-42-84(90)93)63-96-77-35-11-5-29-71(77)60-72-30-6-12-36-78(72)96/h1-48,55-60H. The molecule has 0 N–H and O–H groups in total. The van der Waals surface area contributed by atoms with Gasteiger partial charge in [-0.1, -0.05) is 150 Å². The van der Waals surface area contributed by atoms with Gasteiger partial charge >= 0.3 is 0 Å². The van der Waals surface area contributed by atoms with Crippen molar-refractivity contribution in [2.24, 2.45) is 0 Å². The van der Waals surface area contributed by atoms with E-state index in [-0.39, 0.29) is 0 Å². The fourth-order valence-corrected chi connectivity index (χ4v) is 15.3. The smallest absolute Gasteiger partial charge is 0.100 e. The monoisotopic (exact) mass is 1240 g/mol. The first kappa shape index (κ1) is 56.8. The van der Waals surface area contributed by atoms with Crippen molar-refractivity contribution in [2.45, 2.75) is 0 Å². The van der Waals surface area contributed by atoms with E-state index in [1.54, 1.807) is 0 Å². The molecule has 0 fully saturated rings. The summed E-state index contributed by atoms with van der Waals surface area (Å²) in [5.74, 6) is 8.50. The second kappa shape index (κ2) is 23.7. The van der Waals surface area contributed by atoms with E-state index < -0.39 is 0 Å². The maximum absolute atomic E-state index is 4.06. The normalized spacial score (nSPS) is 13.3. The second-order valence-electron chi connectivity index (χ2n) is 25.5. The molecule has 0 bridgehead atoms. The lowest BCUT2D eigenvalue weighted by Crippen LogP contribution is -2.28. The van der Waals surface area contributed by atoms with E-state index >= 15 is 0 Å². The van der Waals surface area contributed by atoms with Gasteiger partial charge in [0.15, 0.2) is 0 Å². The molecule has 0 radical (unpaired) electrons. The van der Waals surface area contributed by atoms with E-state index in [2.05, 4.69) is 381 Å². The lowest BCUT2D eigenvalue weighted by molar-refractivity contribution is 1.25. The van der Waals surface area contributed by atoms with Crippen LogP contribution >= 0.6 is 0 Å². The van der Waals surface area contributed by atoms with Crippen LogP contribution in [0, 0.1) is 49.9 Å². The van der Waals surface area contributed by atoms with Crippen molar-refractivity contribution in [3.63, 3.8) is 0 Å². The summed E-state index contributed by atoms with van der Waals surface area (Å²) in [6.07, 6.45) is 19.6. The summed E-state index contributed by atoms with van der Waals surface area (Å²) in [4.78, 5) is 0. The number of hydrogen-bond acceptors (Lipinski definition) is 0. The predicted octanol–water partition coefficient (Wildman–Crippen LogP) is 17.8. The summed E-state index contributed by atoms with van der Waals surface area (Å²) in [7, 11) is 0. The van der Waals surface area contributed by atoms with Crippen LogP contribution in [0.3, 0.4) is 0 Å². The van der Waals surface area contributed by atoms with Crippen molar-refractivity contribution < 1.29 is 0 Å². The topological polar surface area (TPSA) is 0 Å². The summed E-state index contributed by atoms with van der Waals surface area (Å²) in [6, 6.07) is 97.5. The summed E-state index contributed by atoms with van der Waals surface area (Å²) < 4.78 is 0. The second-order valence-corrected chi connectivity index (χ2v) is 25.5. The van der Waals surface area contributed by atoms with Crippen LogP contribution in [0.4, 0.5) is 0 Å². The van der Waals surface area contributed by atoms with Crippen LogP contribution in [0.1, 0.15) is 72.3 Å². The zero-order valence-electron chi connectivity index (χ0n) is 53.7. The Morgan fingerprint density at radius 2 is 0.717 bits per heavy atom. The molecular formula is C99H54. The van der Waals surface area contributed by atoms with E-state index in [4.69, 9.17) is 0 Å². The van der Waals surface area contributed by atoms with Gasteiger partial charge in [-0.3, -0.25) is 11.7 Å². The minimum atomic E-state index is 0.803. The quantitative estimate of drug-likeness (QED) is 0.0614. The molecule has 0 saturated heterocycles. The molecule has 0 saturated carbocycles. The Morgan fingerprint density at radius 1 is 0.333 bits per heavy atom. The van der Waals surface area contributed by atoms with E-state index in [0.29, 0.717) is 0 Å². The fourth-order valence-electron chi connectivity index (χ4n) is 15.3. The average molecular weight is 1240 g/mol. The van der Waals surface area contributed by atoms with Crippen LogP contribution in [-0.2, 0) is 0 Å². The molecule has 19 rings (SSSR count). The molecule has 14 aromatic carbocycles. The molecule has 0 amide bonds. The Kier molecular flexibility index (Phi) is 13.6. The van der Waals surface area contributed by atoms with Crippen LogP contribution < -0.4 is 31.3 Å². The Labute approximate surface area is 574 Å². The van der Waals surface area contributed by atoms with Gasteiger partial charge in [-0.05, 0) is 180 Å². The maximum atomic E-state index is 4.06. The van der Waals surface area contributed by atoms with Crippen LogP contribution in [-0.4, -0.2) is 0 Å². The number of benzene rings is 14. The first-order valence-electron chi connectivity index (χ1n) is 33.6. The van der Waals surface area contributed by atoms with Crippen LogP contribution in [0.5, 0.6) is 0 Å². The number of allylic oxidation sites excluding steroid dienone is 5. The van der Waals surface area contributed by atoms with Gasteiger partial charge in [0.25, 0.3) is 0 Å². The minimum absolute atomic E-state index is 0.803. The molecule has 0 aromatic heterocycles. The Balaban J connectivity index is 0.856. The van der Waals surface area contributed by atoms with E-state index in [9.17, 15) is 0 Å². The highest BCUT2D eigenvalue weighted by molar-refractivity contribution is 6.06. The first-order valence-corrected chi connectivity index (χ1v) is 33.6. The number of rotatable bonds is 0. The molecule has 5 aliphatic carbocycles. The van der Waals surface area contributed by atoms with Crippen molar-refractivity contribution in [1.82, 2.24) is 0 Å². The van der Waals surface area contributed by atoms with Gasteiger partial charge in [0.1, 0.15) is 11.1 Å². The molecule has 450 valence electrons. The van der Waals surface area contributed by atoms with Crippen molar-refractivity contribution in [2.75, 3.05) is 0 Å². The summed E-state index contributed by atoms with van der Waals surface area (Å²) in [5.41, 5.74) is 47.7. The van der Waals surface area contributed by atoms with E-state index in [1.807, 2.05) is 0 Å². The Morgan fingerprint density at radius 3 is 1.20 bits per heavy atom. The highest BCUT2D eigenvalue weighted by Gasteiger charge is 2.33. The third-order valence-corrected chi connectivity index (χ3v) is 19.8. The van der Waals surface area contributed by atoms with E-state index in [0.717, 1.165) is 164 Å². The largest absolute Gasteiger partial charge is 0.261 e. The molecule has 14 aromatic rings. The molecule has 99 heavy (non-hydrogen) atoms. The average Bonchev–Trinajstić information content (AvgIpc) is 2.32. The number of fused-ring (bicyclic) bond motifs is 12. The van der Waals surface area contributed by atoms with Crippen molar-refractivity contribution in [3.05, 3.63) is 455 Å². The lowest BCUT2D eigenvalue weighted by Gasteiger charge is -2.28. The SMILES string of the molecule is C(=C=c1c2ccccc2c(=C=C2c3ccccc3[CH+]c3ccccc32)c2ccccc12)=C1C=C(C#C[C+]2c3ccccc3C(=C=c3c4c(cc5ccccc35)C=C[CH-]C=4)c3ccccc32)[CH-]C(=C=C=c2c3ccccc3c(=C=C3c4ccccc4[CH+]c4ccccc43)c3ccccc23)[CH-]1. The molecule has 0 aliphatic heterocycles. The summed E-state index contributed by atoms with van der Waals surface area (Å²) in [5, 5.41) is 17.1. The molecule has 0 atom stereocenters. The molecular weight excluding hydrogens is 1190 g/mol. The van der Waals surface area contributed by atoms with Gasteiger partial charge in [0.05, 0.1) is 78.3 Å². The zero-order chi connectivity index (χ0) is 65.3. The van der Waals surface area contributed by atoms with Gasteiger partial charge in [-0.2, -0.15) is 60.4 Å². The van der Waals surface area contributed by atoms with Gasteiger partial charge < -0.3 is 0 Å². The third kappa shape index (κ3) is 9.81. The van der Waals surface area contributed by atoms with Gasteiger partial charge in [-0.25, -0.2) is 0 Å². The first-order chi connectivity index (χ1) is 49.1. The molecule has 0 spiro atoms. The third-order valence-electron chi connectivity index (χ3n) is 19.8. The Hall–Kier alpha value is -13.7. The highest BCUT2D eigenvalue weighted by Crippen LogP contribution is 2.43. The van der Waals surface area contributed by atoms with Crippen molar-refractivity contribution in [3.8, 4) is 11.8 Å². The molecule has 0 heteroatoms. The lowest BCUT2D eigenvalue weighted by atomic mass is 9.75. The number of hydrogen-bond donors (Lipinski definition) is 0. The van der Waals surface area contributed by atoms with Crippen LogP contribution in [0.25, 0.3) is 111 Å². The molecule has 5 aliphatic rings. The van der Waals surface area contributed by atoms with Gasteiger partial charge in [0.2, 0.25) is 0 Å². The van der Waals surface area contributed by atoms with Gasteiger partial charge in [-0.15, -0.1) is 28.0 Å². The molecule has 0 heterocycles. The van der Waals surface area contributed by atoms with Crippen molar-refractivity contribution in [1.29, 1.82) is 0 Å². The van der Waals surface area contributed by atoms with E-state index in [1.165, 1.54) is 33.2 Å². The molecule has 0 nitrogen and oxygen atoms in total. The van der Waals surface area contributed by atoms with Crippen LogP contribution in [0.2, 0.25) is 0 Å². The summed E-state index contributed by atoms with van der Waals surface area (Å²) >= 11 is 0. The van der Waals surface area contributed by atoms with Crippen LogP contribution in [0.15, 0.2) is 313 Å². The summed E-state index contributed by atoms with van der Waals surface area (Å²) in [6.45, 7) is 0. The van der Waals surface area contributed by atoms with Gasteiger partial charge in [0, 0.05) is 58.0 Å². The zero-order valence-corrected chi connectivity index (χ0v) is 53.7. The fraction of sp³-hybridized carbons (Fsp3) is 0. The van der Waals surface area contributed by atoms with Crippen molar-refractivity contribution >= 4 is 111 Å². The Bertz CT molecular complexity index is 6540. The molecule has 0 unspecified atom stereocenters. The maximum Gasteiger partial charge on any atom is 0.100 e. The predicted molar refractivity (Wildman–Crippen MR) is 411 cm³/mol.